The summed E-state index contributed by atoms with van der Waals surface area (Å²) in [6.45, 7) is 6.94. The fraction of sp³-hybridized carbons (Fsp3) is 0.647. The van der Waals surface area contributed by atoms with Crippen LogP contribution in [0.5, 0.6) is 0 Å². The van der Waals surface area contributed by atoms with Crippen molar-refractivity contribution in [1.82, 2.24) is 5.32 Å². The minimum Gasteiger partial charge on any atom is -0.311 e. The van der Waals surface area contributed by atoms with Crippen molar-refractivity contribution >= 4 is 0 Å². The van der Waals surface area contributed by atoms with Crippen LogP contribution in [0.15, 0.2) is 24.3 Å². The van der Waals surface area contributed by atoms with Gasteiger partial charge in [-0.25, -0.2) is 4.39 Å². The van der Waals surface area contributed by atoms with Gasteiger partial charge in [0.2, 0.25) is 0 Å². The fourth-order valence-corrected chi connectivity index (χ4v) is 3.52. The van der Waals surface area contributed by atoms with E-state index in [9.17, 15) is 4.39 Å². The van der Waals surface area contributed by atoms with E-state index in [1.165, 1.54) is 24.8 Å². The highest BCUT2D eigenvalue weighted by molar-refractivity contribution is 5.17. The Bertz CT molecular complexity index is 377. The van der Waals surface area contributed by atoms with Crippen LogP contribution in [0.3, 0.4) is 0 Å². The van der Waals surface area contributed by atoms with Crippen molar-refractivity contribution in [3.63, 3.8) is 0 Å². The smallest absolute Gasteiger partial charge is 0.123 e. The third-order valence-corrected chi connectivity index (χ3v) is 4.15. The van der Waals surface area contributed by atoms with Gasteiger partial charge in [-0.1, -0.05) is 26.0 Å². The predicted molar refractivity (Wildman–Crippen MR) is 78.7 cm³/mol. The molecule has 1 fully saturated rings. The number of rotatable bonds is 4. The summed E-state index contributed by atoms with van der Waals surface area (Å²) in [5.41, 5.74) is 1.21. The van der Waals surface area contributed by atoms with E-state index < -0.39 is 0 Å². The van der Waals surface area contributed by atoms with Gasteiger partial charge in [-0.15, -0.1) is 0 Å². The van der Waals surface area contributed by atoms with Crippen LogP contribution in [-0.2, 0) is 6.42 Å². The van der Waals surface area contributed by atoms with E-state index in [0.29, 0.717) is 12.1 Å². The first-order chi connectivity index (χ1) is 9.02. The van der Waals surface area contributed by atoms with Gasteiger partial charge < -0.3 is 5.32 Å². The van der Waals surface area contributed by atoms with Crippen molar-refractivity contribution in [2.75, 3.05) is 0 Å². The first-order valence-corrected chi connectivity index (χ1v) is 7.53. The molecule has 0 aromatic heterocycles. The van der Waals surface area contributed by atoms with Gasteiger partial charge in [0.15, 0.2) is 0 Å². The Balaban J connectivity index is 1.83. The molecular formula is C17H26FN. The van der Waals surface area contributed by atoms with Crippen LogP contribution in [0.4, 0.5) is 4.39 Å². The minimum atomic E-state index is -0.153. The molecule has 1 aromatic rings. The van der Waals surface area contributed by atoms with Crippen molar-refractivity contribution in [1.29, 1.82) is 0 Å². The first kappa shape index (κ1) is 14.5. The van der Waals surface area contributed by atoms with Crippen LogP contribution in [0.25, 0.3) is 0 Å². The molecule has 19 heavy (non-hydrogen) atoms. The third-order valence-electron chi connectivity index (χ3n) is 4.15. The molecule has 1 aliphatic carbocycles. The van der Waals surface area contributed by atoms with Crippen molar-refractivity contribution in [3.8, 4) is 0 Å². The van der Waals surface area contributed by atoms with E-state index in [-0.39, 0.29) is 5.82 Å². The number of hydrogen-bond acceptors (Lipinski definition) is 1. The monoisotopic (exact) mass is 263 g/mol. The highest BCUT2D eigenvalue weighted by Crippen LogP contribution is 2.28. The van der Waals surface area contributed by atoms with E-state index in [4.69, 9.17) is 0 Å². The van der Waals surface area contributed by atoms with E-state index in [2.05, 4.69) is 26.1 Å². The molecule has 0 spiro atoms. The minimum absolute atomic E-state index is 0.153. The van der Waals surface area contributed by atoms with Crippen LogP contribution >= 0.6 is 0 Å². The van der Waals surface area contributed by atoms with Crippen molar-refractivity contribution in [2.45, 2.75) is 58.5 Å². The van der Waals surface area contributed by atoms with E-state index in [0.717, 1.165) is 18.3 Å². The molecule has 0 heterocycles. The summed E-state index contributed by atoms with van der Waals surface area (Å²) in [5.74, 6) is 1.51. The molecule has 0 radical (unpaired) electrons. The van der Waals surface area contributed by atoms with Gasteiger partial charge >= 0.3 is 0 Å². The largest absolute Gasteiger partial charge is 0.311 e. The second-order valence-corrected chi connectivity index (χ2v) is 6.51. The van der Waals surface area contributed by atoms with E-state index >= 15 is 0 Å². The highest BCUT2D eigenvalue weighted by atomic mass is 19.1. The van der Waals surface area contributed by atoms with Crippen molar-refractivity contribution in [2.24, 2.45) is 11.8 Å². The summed E-state index contributed by atoms with van der Waals surface area (Å²) in [6.07, 6.45) is 4.92. The molecule has 2 heteroatoms. The lowest BCUT2D eigenvalue weighted by atomic mass is 9.80. The lowest BCUT2D eigenvalue weighted by molar-refractivity contribution is 0.227. The van der Waals surface area contributed by atoms with Gasteiger partial charge in [0.1, 0.15) is 5.82 Å². The van der Waals surface area contributed by atoms with Crippen LogP contribution in [-0.4, -0.2) is 12.1 Å². The quantitative estimate of drug-likeness (QED) is 0.859. The summed E-state index contributed by atoms with van der Waals surface area (Å²) in [7, 11) is 0. The lowest BCUT2D eigenvalue weighted by Crippen LogP contribution is -2.42. The van der Waals surface area contributed by atoms with Gasteiger partial charge in [0.05, 0.1) is 0 Å². The zero-order chi connectivity index (χ0) is 13.8. The van der Waals surface area contributed by atoms with Gasteiger partial charge in [-0.3, -0.25) is 0 Å². The normalized spacial score (nSPS) is 29.2. The Morgan fingerprint density at radius 2 is 1.68 bits per heavy atom. The maximum atomic E-state index is 12.9. The highest BCUT2D eigenvalue weighted by Gasteiger charge is 2.24. The molecule has 1 aromatic carbocycles. The maximum Gasteiger partial charge on any atom is 0.123 e. The second kappa shape index (κ2) is 6.51. The second-order valence-electron chi connectivity index (χ2n) is 6.51. The molecule has 3 atom stereocenters. The van der Waals surface area contributed by atoms with Crippen LogP contribution < -0.4 is 5.32 Å². The number of hydrogen-bond donors (Lipinski definition) is 1. The molecule has 0 aliphatic heterocycles. The Labute approximate surface area is 116 Å². The third kappa shape index (κ3) is 4.61. The summed E-state index contributed by atoms with van der Waals surface area (Å²) in [5, 5.41) is 3.75. The SMILES string of the molecule is CC1CC(C)CC(NC(C)Cc2ccc(F)cc2)C1. The van der Waals surface area contributed by atoms with Gasteiger partial charge in [0, 0.05) is 12.1 Å². The summed E-state index contributed by atoms with van der Waals surface area (Å²) >= 11 is 0. The Hall–Kier alpha value is -0.890. The first-order valence-electron chi connectivity index (χ1n) is 7.53. The Morgan fingerprint density at radius 1 is 1.11 bits per heavy atom. The standard InChI is InChI=1S/C17H26FN/c1-12-8-13(2)10-17(9-12)19-14(3)11-15-4-6-16(18)7-5-15/h4-7,12-14,17,19H,8-11H2,1-3H3. The molecule has 3 unspecified atom stereocenters. The molecule has 0 bridgehead atoms. The Kier molecular flexibility index (Phi) is 4.98. The van der Waals surface area contributed by atoms with Gasteiger partial charge in [0.25, 0.3) is 0 Å². The topological polar surface area (TPSA) is 12.0 Å². The predicted octanol–water partition coefficient (Wildman–Crippen LogP) is 4.17. The van der Waals surface area contributed by atoms with Crippen molar-refractivity contribution < 1.29 is 4.39 Å². The van der Waals surface area contributed by atoms with Crippen molar-refractivity contribution in [3.05, 3.63) is 35.6 Å². The lowest BCUT2D eigenvalue weighted by Gasteiger charge is -2.34. The van der Waals surface area contributed by atoms with Gasteiger partial charge in [-0.05, 0) is 62.1 Å². The summed E-state index contributed by atoms with van der Waals surface area (Å²) < 4.78 is 12.9. The summed E-state index contributed by atoms with van der Waals surface area (Å²) in [4.78, 5) is 0. The molecule has 1 N–H and O–H groups in total. The molecule has 106 valence electrons. The number of halogens is 1. The number of nitrogens with one attached hydrogen (secondary N) is 1. The molecule has 1 nitrogen and oxygen atoms in total. The molecule has 2 rings (SSSR count). The molecule has 1 saturated carbocycles. The average molecular weight is 263 g/mol. The van der Waals surface area contributed by atoms with Gasteiger partial charge in [-0.2, -0.15) is 0 Å². The van der Waals surface area contributed by atoms with E-state index in [1.54, 1.807) is 12.1 Å². The number of benzene rings is 1. The molecular weight excluding hydrogens is 237 g/mol. The average Bonchev–Trinajstić information content (AvgIpc) is 2.30. The maximum absolute atomic E-state index is 12.9. The molecule has 1 aliphatic rings. The van der Waals surface area contributed by atoms with E-state index in [1.807, 2.05) is 12.1 Å². The van der Waals surface area contributed by atoms with Crippen LogP contribution in [0.1, 0.15) is 45.6 Å². The fourth-order valence-electron chi connectivity index (χ4n) is 3.52. The molecule has 0 saturated heterocycles. The van der Waals surface area contributed by atoms with Crippen LogP contribution in [0, 0.1) is 17.7 Å². The zero-order valence-corrected chi connectivity index (χ0v) is 12.3. The Morgan fingerprint density at radius 3 is 2.26 bits per heavy atom. The van der Waals surface area contributed by atoms with Crippen LogP contribution in [0.2, 0.25) is 0 Å². The molecule has 0 amide bonds. The summed E-state index contributed by atoms with van der Waals surface area (Å²) in [6, 6.07) is 7.97. The zero-order valence-electron chi connectivity index (χ0n) is 12.3.